The smallest absolute Gasteiger partial charge is 0.208 e. The van der Waals surface area contributed by atoms with Gasteiger partial charge < -0.3 is 15.6 Å². The summed E-state index contributed by atoms with van der Waals surface area (Å²) >= 11 is 0. The van der Waals surface area contributed by atoms with Crippen LogP contribution < -0.4 is 10.6 Å². The Morgan fingerprint density at radius 2 is 1.88 bits per heavy atom. The number of H-pyrrole nitrogens is 1. The Morgan fingerprint density at radius 3 is 2.58 bits per heavy atom. The lowest BCUT2D eigenvalue weighted by molar-refractivity contribution is 0.601. The van der Waals surface area contributed by atoms with E-state index in [0.717, 1.165) is 31.7 Å². The van der Waals surface area contributed by atoms with Gasteiger partial charge in [0.2, 0.25) is 9.84 Å². The van der Waals surface area contributed by atoms with Crippen molar-refractivity contribution in [3.63, 3.8) is 0 Å². The highest BCUT2D eigenvalue weighted by Crippen LogP contribution is 2.36. The first-order valence-electron chi connectivity index (χ1n) is 9.07. The normalized spacial score (nSPS) is 18.8. The molecule has 0 radical (unpaired) electrons. The summed E-state index contributed by atoms with van der Waals surface area (Å²) in [6, 6.07) is 0. The molecule has 1 fully saturated rings. The number of hydrogen-bond donors (Lipinski definition) is 2. The van der Waals surface area contributed by atoms with Crippen molar-refractivity contribution in [2.24, 2.45) is 0 Å². The van der Waals surface area contributed by atoms with Crippen LogP contribution in [0.3, 0.4) is 0 Å². The first-order valence-corrected chi connectivity index (χ1v) is 10.6. The lowest BCUT2D eigenvalue weighted by Gasteiger charge is -2.21. The van der Waals surface area contributed by atoms with Gasteiger partial charge in [0, 0.05) is 18.0 Å². The van der Waals surface area contributed by atoms with Crippen LogP contribution >= 0.6 is 0 Å². The molecule has 2 aromatic rings. The molecule has 0 spiro atoms. The minimum atomic E-state index is -3.69. The number of hydrogen-bond acceptors (Lipinski definition) is 6. The maximum absolute atomic E-state index is 13.1. The second-order valence-electron chi connectivity index (χ2n) is 6.79. The minimum absolute atomic E-state index is 0.0764. The van der Waals surface area contributed by atoms with Crippen LogP contribution in [0.15, 0.2) is 34.4 Å². The molecule has 4 rings (SSSR count). The van der Waals surface area contributed by atoms with Crippen molar-refractivity contribution in [3.8, 4) is 0 Å². The molecular weight excluding hydrogens is 350 g/mol. The monoisotopic (exact) mass is 373 g/mol. The van der Waals surface area contributed by atoms with E-state index in [1.165, 1.54) is 19.2 Å². The van der Waals surface area contributed by atoms with Crippen molar-refractivity contribution in [2.45, 2.75) is 43.4 Å². The van der Waals surface area contributed by atoms with Gasteiger partial charge in [-0.2, -0.15) is 0 Å². The Morgan fingerprint density at radius 1 is 1.12 bits per heavy atom. The third-order valence-electron chi connectivity index (χ3n) is 5.04. The van der Waals surface area contributed by atoms with Gasteiger partial charge in [0.05, 0.1) is 0 Å². The molecule has 0 saturated carbocycles. The molecule has 0 unspecified atom stereocenters. The predicted octanol–water partition coefficient (Wildman–Crippen LogP) is 2.93. The van der Waals surface area contributed by atoms with E-state index in [2.05, 4.69) is 19.9 Å². The Bertz CT molecular complexity index is 982. The van der Waals surface area contributed by atoms with Gasteiger partial charge in [0.1, 0.15) is 28.1 Å². The molecule has 3 N–H and O–H groups in total. The lowest BCUT2D eigenvalue weighted by Crippen LogP contribution is -2.25. The summed E-state index contributed by atoms with van der Waals surface area (Å²) in [5, 5.41) is 0. The van der Waals surface area contributed by atoms with Crippen LogP contribution in [0.5, 0.6) is 0 Å². The van der Waals surface area contributed by atoms with Gasteiger partial charge in [-0.1, -0.05) is 25.0 Å². The molecule has 2 aliphatic rings. The van der Waals surface area contributed by atoms with Crippen molar-refractivity contribution in [2.75, 3.05) is 23.7 Å². The fourth-order valence-corrected chi connectivity index (χ4v) is 5.37. The molecular formula is C18H23N5O2S. The maximum atomic E-state index is 13.1. The molecule has 138 valence electrons. The van der Waals surface area contributed by atoms with Gasteiger partial charge in [0.15, 0.2) is 5.82 Å². The number of rotatable bonds is 3. The zero-order valence-electron chi connectivity index (χ0n) is 14.6. The molecule has 2 aromatic heterocycles. The molecule has 1 aliphatic heterocycles. The van der Waals surface area contributed by atoms with Crippen molar-refractivity contribution in [1.29, 1.82) is 0 Å². The highest BCUT2D eigenvalue weighted by Gasteiger charge is 2.30. The number of nitrogens with zero attached hydrogens (tertiary/aromatic N) is 3. The number of nitrogen functional groups attached to an aromatic ring is 1. The second-order valence-corrected chi connectivity index (χ2v) is 8.73. The maximum Gasteiger partial charge on any atom is 0.208 e. The summed E-state index contributed by atoms with van der Waals surface area (Å²) < 4.78 is 26.3. The number of anilines is 2. The van der Waals surface area contributed by atoms with Crippen molar-refractivity contribution in [3.05, 3.63) is 29.5 Å². The fourth-order valence-electron chi connectivity index (χ4n) is 3.71. The minimum Gasteiger partial charge on any atom is -0.384 e. The third-order valence-corrected chi connectivity index (χ3v) is 7.02. The van der Waals surface area contributed by atoms with E-state index in [-0.39, 0.29) is 10.7 Å². The van der Waals surface area contributed by atoms with E-state index < -0.39 is 9.84 Å². The third kappa shape index (κ3) is 2.88. The first kappa shape index (κ1) is 17.1. The quantitative estimate of drug-likeness (QED) is 0.857. The van der Waals surface area contributed by atoms with Crippen LogP contribution in [0.4, 0.5) is 11.6 Å². The average molecular weight is 373 g/mol. The molecule has 1 aliphatic carbocycles. The molecule has 7 nitrogen and oxygen atoms in total. The molecule has 0 aromatic carbocycles. The van der Waals surface area contributed by atoms with Crippen LogP contribution in [0.25, 0.3) is 11.0 Å². The molecule has 0 bridgehead atoms. The van der Waals surface area contributed by atoms with Gasteiger partial charge in [-0.05, 0) is 31.8 Å². The van der Waals surface area contributed by atoms with Crippen LogP contribution in [0, 0.1) is 0 Å². The molecule has 0 amide bonds. The number of nitrogens with two attached hydrogens (primary N) is 1. The van der Waals surface area contributed by atoms with Crippen molar-refractivity contribution >= 4 is 32.5 Å². The summed E-state index contributed by atoms with van der Waals surface area (Å²) in [6.45, 7) is 1.81. The van der Waals surface area contributed by atoms with Crippen LogP contribution in [0.1, 0.15) is 38.5 Å². The van der Waals surface area contributed by atoms with E-state index in [9.17, 15) is 8.42 Å². The van der Waals surface area contributed by atoms with E-state index in [1.54, 1.807) is 12.2 Å². The molecule has 26 heavy (non-hydrogen) atoms. The summed E-state index contributed by atoms with van der Waals surface area (Å²) in [5.74, 6) is 0.870. The van der Waals surface area contributed by atoms with Crippen molar-refractivity contribution < 1.29 is 8.42 Å². The summed E-state index contributed by atoms with van der Waals surface area (Å²) in [7, 11) is -3.69. The molecule has 0 atom stereocenters. The van der Waals surface area contributed by atoms with E-state index in [0.29, 0.717) is 28.8 Å². The molecule has 1 saturated heterocycles. The van der Waals surface area contributed by atoms with Gasteiger partial charge in [-0.25, -0.2) is 18.4 Å². The number of allylic oxidation sites excluding steroid dienone is 4. The zero-order chi connectivity index (χ0) is 18.1. The standard InChI is InChI=1S/C18H23N5O2S/c19-17-16(26(24,25)13-8-4-3-5-9-13)14-15(22-17)18(21-12-20-14)23-10-6-1-2-7-11-23/h3-4,8,12,22H,1-2,5-7,9-11,19H2. The van der Waals surface area contributed by atoms with E-state index in [4.69, 9.17) is 5.73 Å². The number of aromatic amines is 1. The number of sulfone groups is 1. The highest BCUT2D eigenvalue weighted by molar-refractivity contribution is 7.95. The van der Waals surface area contributed by atoms with Gasteiger partial charge in [-0.15, -0.1) is 0 Å². The number of fused-ring (bicyclic) bond motifs is 1. The first-order chi connectivity index (χ1) is 12.6. The van der Waals surface area contributed by atoms with Gasteiger partial charge in [-0.3, -0.25) is 0 Å². The fraction of sp³-hybridized carbons (Fsp3) is 0.444. The predicted molar refractivity (Wildman–Crippen MR) is 103 cm³/mol. The number of aromatic nitrogens is 3. The van der Waals surface area contributed by atoms with Gasteiger partial charge >= 0.3 is 0 Å². The molecule has 8 heteroatoms. The Labute approximate surface area is 152 Å². The zero-order valence-corrected chi connectivity index (χ0v) is 15.4. The Balaban J connectivity index is 1.85. The van der Waals surface area contributed by atoms with Crippen LogP contribution in [-0.4, -0.2) is 36.5 Å². The highest BCUT2D eigenvalue weighted by atomic mass is 32.2. The second kappa shape index (κ2) is 6.75. The summed E-state index contributed by atoms with van der Waals surface area (Å²) in [5.41, 5.74) is 7.10. The summed E-state index contributed by atoms with van der Waals surface area (Å²) in [4.78, 5) is 14.4. The topological polar surface area (TPSA) is 105 Å². The summed E-state index contributed by atoms with van der Waals surface area (Å²) in [6.07, 6.45) is 12.6. The van der Waals surface area contributed by atoms with Gasteiger partial charge in [0.25, 0.3) is 0 Å². The average Bonchev–Trinajstić information content (AvgIpc) is 2.82. The Hall–Kier alpha value is -2.35. The lowest BCUT2D eigenvalue weighted by atomic mass is 10.2. The number of nitrogens with one attached hydrogen (secondary N) is 1. The van der Waals surface area contributed by atoms with Crippen LogP contribution in [-0.2, 0) is 9.84 Å². The Kier molecular flexibility index (Phi) is 4.44. The van der Waals surface area contributed by atoms with Crippen LogP contribution in [0.2, 0.25) is 0 Å². The van der Waals surface area contributed by atoms with Crippen molar-refractivity contribution in [1.82, 2.24) is 15.0 Å². The van der Waals surface area contributed by atoms with E-state index >= 15 is 0 Å². The SMILES string of the molecule is Nc1[nH]c2c(N3CCCCCC3)ncnc2c1S(=O)(=O)C1=CC=CCC1. The van der Waals surface area contributed by atoms with E-state index in [1.807, 2.05) is 6.08 Å². The largest absolute Gasteiger partial charge is 0.384 e. The molecule has 3 heterocycles.